The molecule has 0 aliphatic carbocycles. The third kappa shape index (κ3) is 4.99. The molecule has 7 heteroatoms. The molecule has 0 aromatic heterocycles. The Kier molecular flexibility index (Phi) is 6.59. The van der Waals surface area contributed by atoms with Gasteiger partial charge in [0.05, 0.1) is 27.8 Å². The van der Waals surface area contributed by atoms with Crippen LogP contribution in [0, 0.1) is 0 Å². The first kappa shape index (κ1) is 20.5. The highest BCUT2D eigenvalue weighted by atomic mass is 16.5. The monoisotopic (exact) mass is 398 g/mol. The first-order valence-corrected chi connectivity index (χ1v) is 9.47. The van der Waals surface area contributed by atoms with E-state index in [0.717, 1.165) is 11.3 Å². The smallest absolute Gasteiger partial charge is 0.254 e. The molecule has 1 fully saturated rings. The molecule has 0 N–H and O–H groups in total. The molecule has 154 valence electrons. The number of carbonyl (C=O) groups excluding carboxylic acids is 2. The summed E-state index contributed by atoms with van der Waals surface area (Å²) in [4.78, 5) is 29.1. The normalized spacial score (nSPS) is 13.8. The van der Waals surface area contributed by atoms with Crippen LogP contribution in [0.4, 0.5) is 0 Å². The number of methoxy groups -OCH3 is 3. The molecule has 0 saturated carbocycles. The molecule has 7 nitrogen and oxygen atoms in total. The summed E-state index contributed by atoms with van der Waals surface area (Å²) in [5.41, 5.74) is 1.42. The topological polar surface area (TPSA) is 68.3 Å². The molecule has 0 unspecified atom stereocenters. The van der Waals surface area contributed by atoms with Crippen molar-refractivity contribution in [1.29, 1.82) is 0 Å². The second kappa shape index (κ2) is 9.32. The Hall–Kier alpha value is -3.22. The van der Waals surface area contributed by atoms with Gasteiger partial charge in [0.15, 0.2) is 0 Å². The van der Waals surface area contributed by atoms with Gasteiger partial charge in [0.2, 0.25) is 5.91 Å². The molecule has 0 radical (unpaired) electrons. The summed E-state index contributed by atoms with van der Waals surface area (Å²) in [6.45, 7) is 2.00. The van der Waals surface area contributed by atoms with Crippen LogP contribution in [0.1, 0.15) is 15.9 Å². The van der Waals surface area contributed by atoms with Crippen LogP contribution in [-0.4, -0.2) is 69.1 Å². The maximum absolute atomic E-state index is 12.9. The largest absolute Gasteiger partial charge is 0.497 e. The number of benzene rings is 2. The van der Waals surface area contributed by atoms with E-state index >= 15 is 0 Å². The van der Waals surface area contributed by atoms with E-state index in [1.807, 2.05) is 24.3 Å². The highest BCUT2D eigenvalue weighted by Gasteiger charge is 2.25. The first-order chi connectivity index (χ1) is 14.0. The van der Waals surface area contributed by atoms with E-state index in [1.165, 1.54) is 0 Å². The Bertz CT molecular complexity index is 853. The van der Waals surface area contributed by atoms with E-state index in [0.29, 0.717) is 49.7 Å². The number of nitrogens with zero attached hydrogens (tertiary/aromatic N) is 2. The van der Waals surface area contributed by atoms with Crippen LogP contribution >= 0.6 is 0 Å². The van der Waals surface area contributed by atoms with Gasteiger partial charge in [-0.05, 0) is 29.8 Å². The predicted molar refractivity (Wildman–Crippen MR) is 109 cm³/mol. The van der Waals surface area contributed by atoms with Crippen molar-refractivity contribution in [2.45, 2.75) is 6.42 Å². The van der Waals surface area contributed by atoms with Gasteiger partial charge in [-0.2, -0.15) is 0 Å². The molecule has 29 heavy (non-hydrogen) atoms. The fraction of sp³-hybridized carbons (Fsp3) is 0.364. The average Bonchev–Trinajstić information content (AvgIpc) is 2.78. The van der Waals surface area contributed by atoms with E-state index < -0.39 is 0 Å². The minimum Gasteiger partial charge on any atom is -0.497 e. The minimum absolute atomic E-state index is 0.0494. The standard InChI is InChI=1S/C22H26N2O5/c1-27-18-6-4-5-16(11-18)12-21(25)23-7-9-24(10-8-23)22(26)17-13-19(28-2)15-20(14-17)29-3/h4-6,11,13-15H,7-10,12H2,1-3H3. The molecule has 0 atom stereocenters. The summed E-state index contributed by atoms with van der Waals surface area (Å²) in [6, 6.07) is 12.6. The van der Waals surface area contributed by atoms with Crippen LogP contribution < -0.4 is 14.2 Å². The SMILES string of the molecule is COc1cccc(CC(=O)N2CCN(C(=O)c3cc(OC)cc(OC)c3)CC2)c1. The van der Waals surface area contributed by atoms with Gasteiger partial charge in [-0.25, -0.2) is 0 Å². The zero-order chi connectivity index (χ0) is 20.8. The summed E-state index contributed by atoms with van der Waals surface area (Å²) < 4.78 is 15.7. The maximum Gasteiger partial charge on any atom is 0.254 e. The van der Waals surface area contributed by atoms with Crippen molar-refractivity contribution in [2.75, 3.05) is 47.5 Å². The lowest BCUT2D eigenvalue weighted by atomic mass is 10.1. The first-order valence-electron chi connectivity index (χ1n) is 9.47. The van der Waals surface area contributed by atoms with Crippen molar-refractivity contribution in [3.63, 3.8) is 0 Å². The number of piperazine rings is 1. The van der Waals surface area contributed by atoms with Gasteiger partial charge in [0.25, 0.3) is 5.91 Å². The van der Waals surface area contributed by atoms with E-state index in [9.17, 15) is 9.59 Å². The average molecular weight is 398 g/mol. The lowest BCUT2D eigenvalue weighted by Crippen LogP contribution is -2.51. The van der Waals surface area contributed by atoms with Crippen molar-refractivity contribution >= 4 is 11.8 Å². The third-order valence-electron chi connectivity index (χ3n) is 5.01. The van der Waals surface area contributed by atoms with Gasteiger partial charge >= 0.3 is 0 Å². The quantitative estimate of drug-likeness (QED) is 0.747. The highest BCUT2D eigenvalue weighted by molar-refractivity contribution is 5.95. The number of hydrogen-bond donors (Lipinski definition) is 0. The van der Waals surface area contributed by atoms with Gasteiger partial charge in [0, 0.05) is 37.8 Å². The molecule has 2 aromatic carbocycles. The van der Waals surface area contributed by atoms with Crippen LogP contribution in [0.25, 0.3) is 0 Å². The zero-order valence-corrected chi connectivity index (χ0v) is 17.0. The van der Waals surface area contributed by atoms with Gasteiger partial charge in [-0.1, -0.05) is 12.1 Å². The summed E-state index contributed by atoms with van der Waals surface area (Å²) in [5.74, 6) is 1.83. The molecular weight excluding hydrogens is 372 g/mol. The van der Waals surface area contributed by atoms with Gasteiger partial charge in [0.1, 0.15) is 17.2 Å². The maximum atomic E-state index is 12.9. The minimum atomic E-state index is -0.0953. The number of amides is 2. The molecule has 1 aliphatic rings. The Balaban J connectivity index is 1.59. The molecule has 0 bridgehead atoms. The second-order valence-electron chi connectivity index (χ2n) is 6.80. The highest BCUT2D eigenvalue weighted by Crippen LogP contribution is 2.24. The third-order valence-corrected chi connectivity index (χ3v) is 5.01. The molecule has 2 aromatic rings. The zero-order valence-electron chi connectivity index (χ0n) is 17.0. The van der Waals surface area contributed by atoms with Crippen LogP contribution in [-0.2, 0) is 11.2 Å². The molecular formula is C22H26N2O5. The van der Waals surface area contributed by atoms with Crippen LogP contribution in [0.15, 0.2) is 42.5 Å². The van der Waals surface area contributed by atoms with Crippen LogP contribution in [0.5, 0.6) is 17.2 Å². The van der Waals surface area contributed by atoms with Crippen molar-refractivity contribution < 1.29 is 23.8 Å². The lowest BCUT2D eigenvalue weighted by Gasteiger charge is -2.35. The summed E-state index contributed by atoms with van der Waals surface area (Å²) in [6.07, 6.45) is 0.318. The molecule has 2 amide bonds. The van der Waals surface area contributed by atoms with Crippen LogP contribution in [0.3, 0.4) is 0 Å². The number of carbonyl (C=O) groups is 2. The van der Waals surface area contributed by atoms with Crippen LogP contribution in [0.2, 0.25) is 0 Å². The Morgan fingerprint density at radius 3 is 1.97 bits per heavy atom. The van der Waals surface area contributed by atoms with E-state index in [4.69, 9.17) is 14.2 Å². The Morgan fingerprint density at radius 2 is 1.38 bits per heavy atom. The van der Waals surface area contributed by atoms with Gasteiger partial charge in [-0.15, -0.1) is 0 Å². The number of ether oxygens (including phenoxy) is 3. The van der Waals surface area contributed by atoms with Crippen molar-refractivity contribution in [3.8, 4) is 17.2 Å². The van der Waals surface area contributed by atoms with E-state index in [-0.39, 0.29) is 11.8 Å². The lowest BCUT2D eigenvalue weighted by molar-refractivity contribution is -0.131. The van der Waals surface area contributed by atoms with Crippen molar-refractivity contribution in [1.82, 2.24) is 9.80 Å². The van der Waals surface area contributed by atoms with Gasteiger partial charge < -0.3 is 24.0 Å². The van der Waals surface area contributed by atoms with Crippen molar-refractivity contribution in [2.24, 2.45) is 0 Å². The van der Waals surface area contributed by atoms with E-state index in [2.05, 4.69) is 0 Å². The molecule has 1 saturated heterocycles. The fourth-order valence-corrected chi connectivity index (χ4v) is 3.34. The Morgan fingerprint density at radius 1 is 0.793 bits per heavy atom. The summed E-state index contributed by atoms with van der Waals surface area (Å²) in [7, 11) is 4.71. The van der Waals surface area contributed by atoms with Crippen molar-refractivity contribution in [3.05, 3.63) is 53.6 Å². The van der Waals surface area contributed by atoms with Gasteiger partial charge in [-0.3, -0.25) is 9.59 Å². The summed E-state index contributed by atoms with van der Waals surface area (Å²) in [5, 5.41) is 0. The number of rotatable bonds is 6. The summed E-state index contributed by atoms with van der Waals surface area (Å²) >= 11 is 0. The number of hydrogen-bond acceptors (Lipinski definition) is 5. The molecule has 1 heterocycles. The molecule has 1 aliphatic heterocycles. The molecule has 0 spiro atoms. The molecule has 3 rings (SSSR count). The fourth-order valence-electron chi connectivity index (χ4n) is 3.34. The second-order valence-corrected chi connectivity index (χ2v) is 6.80. The Labute approximate surface area is 170 Å². The predicted octanol–water partition coefficient (Wildman–Crippen LogP) is 2.24. The van der Waals surface area contributed by atoms with E-state index in [1.54, 1.807) is 49.3 Å².